The minimum atomic E-state index is 0.0616. The van der Waals surface area contributed by atoms with Crippen molar-refractivity contribution in [3.8, 4) is 0 Å². The van der Waals surface area contributed by atoms with Crippen LogP contribution in [0.2, 0.25) is 0 Å². The van der Waals surface area contributed by atoms with Crippen LogP contribution in [0.25, 0.3) is 0 Å². The summed E-state index contributed by atoms with van der Waals surface area (Å²) in [7, 11) is 1.64. The van der Waals surface area contributed by atoms with Crippen LogP contribution in [0.1, 0.15) is 28.7 Å². The van der Waals surface area contributed by atoms with Crippen molar-refractivity contribution in [2.24, 2.45) is 0 Å². The van der Waals surface area contributed by atoms with Crippen LogP contribution >= 0.6 is 0 Å². The molecule has 0 aliphatic carbocycles. The molecule has 0 aliphatic rings. The summed E-state index contributed by atoms with van der Waals surface area (Å²) in [6.45, 7) is 7.73. The molecule has 0 aliphatic heterocycles. The number of rotatable bonds is 7. The van der Waals surface area contributed by atoms with Gasteiger partial charge in [-0.1, -0.05) is 0 Å². The van der Waals surface area contributed by atoms with Gasteiger partial charge in [0.05, 0.1) is 37.6 Å². The normalized spacial score (nSPS) is 10.8. The second-order valence-corrected chi connectivity index (χ2v) is 3.93. The molecular weight excluding hydrogens is 220 g/mol. The van der Waals surface area contributed by atoms with Gasteiger partial charge in [-0.25, -0.2) is 0 Å². The monoisotopic (exact) mass is 240 g/mol. The molecule has 1 rings (SSSR count). The van der Waals surface area contributed by atoms with E-state index < -0.39 is 0 Å². The van der Waals surface area contributed by atoms with Crippen LogP contribution in [0.5, 0.6) is 0 Å². The molecule has 0 atom stereocenters. The summed E-state index contributed by atoms with van der Waals surface area (Å²) in [6, 6.07) is 0. The van der Waals surface area contributed by atoms with Crippen molar-refractivity contribution in [2.75, 3.05) is 26.9 Å². The highest BCUT2D eigenvalue weighted by Crippen LogP contribution is 2.13. The van der Waals surface area contributed by atoms with Gasteiger partial charge in [-0.05, 0) is 20.8 Å². The van der Waals surface area contributed by atoms with E-state index in [-0.39, 0.29) is 5.78 Å². The highest BCUT2D eigenvalue weighted by Gasteiger charge is 2.14. The van der Waals surface area contributed by atoms with Crippen LogP contribution in [0.15, 0.2) is 0 Å². The van der Waals surface area contributed by atoms with Crippen molar-refractivity contribution in [1.29, 1.82) is 0 Å². The van der Waals surface area contributed by atoms with Crippen LogP contribution in [-0.2, 0) is 16.0 Å². The van der Waals surface area contributed by atoms with Crippen LogP contribution in [-0.4, -0.2) is 42.5 Å². The SMILES string of the molecule is COCCOCCn1nc(C)c(C(C)=O)c1C. The molecule has 0 N–H and O–H groups in total. The molecule has 1 heterocycles. The average molecular weight is 240 g/mol. The molecule has 0 radical (unpaired) electrons. The molecule has 0 saturated heterocycles. The fraction of sp³-hybridized carbons (Fsp3) is 0.667. The Morgan fingerprint density at radius 1 is 1.29 bits per heavy atom. The maximum Gasteiger partial charge on any atom is 0.163 e. The Morgan fingerprint density at radius 3 is 2.53 bits per heavy atom. The summed E-state index contributed by atoms with van der Waals surface area (Å²) in [5.41, 5.74) is 2.42. The smallest absolute Gasteiger partial charge is 0.163 e. The number of hydrogen-bond donors (Lipinski definition) is 0. The van der Waals surface area contributed by atoms with E-state index in [1.165, 1.54) is 0 Å². The first-order valence-corrected chi connectivity index (χ1v) is 5.69. The highest BCUT2D eigenvalue weighted by atomic mass is 16.5. The molecule has 0 spiro atoms. The van der Waals surface area contributed by atoms with Crippen LogP contribution in [0.3, 0.4) is 0 Å². The molecule has 17 heavy (non-hydrogen) atoms. The summed E-state index contributed by atoms with van der Waals surface area (Å²) >= 11 is 0. The van der Waals surface area contributed by atoms with E-state index in [0.717, 1.165) is 17.0 Å². The Morgan fingerprint density at radius 2 is 2.00 bits per heavy atom. The zero-order valence-electron chi connectivity index (χ0n) is 10.9. The first-order chi connectivity index (χ1) is 8.07. The Bertz CT molecular complexity index is 385. The predicted molar refractivity (Wildman–Crippen MR) is 64.4 cm³/mol. The Balaban J connectivity index is 2.55. The molecule has 0 fully saturated rings. The number of nitrogens with zero attached hydrogens (tertiary/aromatic N) is 2. The van der Waals surface area contributed by atoms with Crippen molar-refractivity contribution in [1.82, 2.24) is 9.78 Å². The molecule has 0 bridgehead atoms. The average Bonchev–Trinajstić information content (AvgIpc) is 2.53. The quantitative estimate of drug-likeness (QED) is 0.533. The summed E-state index contributed by atoms with van der Waals surface area (Å²) in [6.07, 6.45) is 0. The largest absolute Gasteiger partial charge is 0.382 e. The van der Waals surface area contributed by atoms with Crippen molar-refractivity contribution in [2.45, 2.75) is 27.3 Å². The molecular formula is C12H20N2O3. The Kier molecular flexibility index (Phi) is 5.31. The number of methoxy groups -OCH3 is 1. The summed E-state index contributed by atoms with van der Waals surface area (Å²) < 4.78 is 12.1. The fourth-order valence-corrected chi connectivity index (χ4v) is 1.82. The minimum Gasteiger partial charge on any atom is -0.382 e. The van der Waals surface area contributed by atoms with Crippen molar-refractivity contribution in [3.05, 3.63) is 17.0 Å². The maximum absolute atomic E-state index is 11.4. The second-order valence-electron chi connectivity index (χ2n) is 3.93. The minimum absolute atomic E-state index is 0.0616. The third-order valence-electron chi connectivity index (χ3n) is 2.61. The van der Waals surface area contributed by atoms with Crippen molar-refractivity contribution in [3.63, 3.8) is 0 Å². The van der Waals surface area contributed by atoms with Crippen LogP contribution in [0, 0.1) is 13.8 Å². The number of ether oxygens (including phenoxy) is 2. The van der Waals surface area contributed by atoms with Crippen LogP contribution in [0.4, 0.5) is 0 Å². The molecule has 0 amide bonds. The molecule has 1 aromatic rings. The summed E-state index contributed by atoms with van der Waals surface area (Å²) in [5.74, 6) is 0.0616. The van der Waals surface area contributed by atoms with Gasteiger partial charge in [-0.15, -0.1) is 0 Å². The van der Waals surface area contributed by atoms with E-state index in [9.17, 15) is 4.79 Å². The third kappa shape index (κ3) is 3.64. The standard InChI is InChI=1S/C12H20N2O3/c1-9-12(11(3)15)10(2)14(13-9)5-6-17-8-7-16-4/h5-8H2,1-4H3. The van der Waals surface area contributed by atoms with E-state index >= 15 is 0 Å². The number of aromatic nitrogens is 2. The van der Waals surface area contributed by atoms with Crippen LogP contribution < -0.4 is 0 Å². The van der Waals surface area contributed by atoms with Gasteiger partial charge < -0.3 is 9.47 Å². The number of hydrogen-bond acceptors (Lipinski definition) is 4. The fourth-order valence-electron chi connectivity index (χ4n) is 1.82. The molecule has 0 aromatic carbocycles. The first-order valence-electron chi connectivity index (χ1n) is 5.69. The van der Waals surface area contributed by atoms with E-state index in [0.29, 0.717) is 26.4 Å². The lowest BCUT2D eigenvalue weighted by atomic mass is 10.1. The molecule has 0 unspecified atom stereocenters. The highest BCUT2D eigenvalue weighted by molar-refractivity contribution is 5.96. The number of ketones is 1. The molecule has 1 aromatic heterocycles. The summed E-state index contributed by atoms with van der Waals surface area (Å²) in [4.78, 5) is 11.4. The molecule has 0 saturated carbocycles. The van der Waals surface area contributed by atoms with Gasteiger partial charge in [0, 0.05) is 12.8 Å². The Labute approximate surface area is 102 Å². The summed E-state index contributed by atoms with van der Waals surface area (Å²) in [5, 5.41) is 4.33. The zero-order valence-corrected chi connectivity index (χ0v) is 10.9. The number of carbonyl (C=O) groups is 1. The van der Waals surface area contributed by atoms with E-state index in [4.69, 9.17) is 9.47 Å². The van der Waals surface area contributed by atoms with Gasteiger partial charge in [0.15, 0.2) is 5.78 Å². The van der Waals surface area contributed by atoms with Gasteiger partial charge in [0.1, 0.15) is 0 Å². The van der Waals surface area contributed by atoms with Gasteiger partial charge in [0.2, 0.25) is 0 Å². The van der Waals surface area contributed by atoms with Crippen molar-refractivity contribution < 1.29 is 14.3 Å². The lowest BCUT2D eigenvalue weighted by molar-refractivity contribution is 0.0651. The molecule has 96 valence electrons. The molecule has 5 heteroatoms. The van der Waals surface area contributed by atoms with Gasteiger partial charge >= 0.3 is 0 Å². The lowest BCUT2D eigenvalue weighted by Crippen LogP contribution is -2.11. The van der Waals surface area contributed by atoms with E-state index in [1.54, 1.807) is 14.0 Å². The maximum atomic E-state index is 11.4. The topological polar surface area (TPSA) is 53.4 Å². The molecule has 5 nitrogen and oxygen atoms in total. The van der Waals surface area contributed by atoms with E-state index in [1.807, 2.05) is 18.5 Å². The number of carbonyl (C=O) groups excluding carboxylic acids is 1. The van der Waals surface area contributed by atoms with Crippen molar-refractivity contribution >= 4 is 5.78 Å². The second kappa shape index (κ2) is 6.51. The number of aryl methyl sites for hydroxylation is 1. The lowest BCUT2D eigenvalue weighted by Gasteiger charge is -2.06. The predicted octanol–water partition coefficient (Wildman–Crippen LogP) is 1.37. The van der Waals surface area contributed by atoms with Gasteiger partial charge in [-0.3, -0.25) is 9.48 Å². The van der Waals surface area contributed by atoms with E-state index in [2.05, 4.69) is 5.10 Å². The van der Waals surface area contributed by atoms with Gasteiger partial charge in [-0.2, -0.15) is 5.10 Å². The first kappa shape index (κ1) is 13.9. The van der Waals surface area contributed by atoms with Gasteiger partial charge in [0.25, 0.3) is 0 Å². The number of Topliss-reactive ketones (excluding diaryl/α,β-unsaturated/α-hetero) is 1. The Hall–Kier alpha value is -1.20. The zero-order chi connectivity index (χ0) is 12.8. The third-order valence-corrected chi connectivity index (χ3v) is 2.61.